The van der Waals surface area contributed by atoms with E-state index in [1.165, 1.54) is 13.8 Å². The van der Waals surface area contributed by atoms with E-state index < -0.39 is 84.6 Å². The number of aromatic nitrogens is 4. The van der Waals surface area contributed by atoms with Gasteiger partial charge in [-0.25, -0.2) is 28.6 Å². The lowest BCUT2D eigenvalue weighted by molar-refractivity contribution is -0.137. The standard InChI is InChI=1S/C26H44N7O18P3S/c1-26(2,21(38)24(39)29-7-6-16(35)28-8-10-55-17(36)5-3-4-9-34)12-48-54(45,46)51-53(43,44)47-11-15-20(50-52(40,41)42)19(37)25(49-15)33-14-32-18-22(27)30-13-31-23(18)33/h13-15,19-21,25,34,37-38H,3-12H2,1-2H3,(H,28,35)(H,29,39)(H,43,44)(H,45,46)(H2,27,30,31)(H2,40,41,42)/t15-,19?,20?,21?,25-/m0/s1. The number of rotatable bonds is 23. The molecular formula is C26H44N7O18P3S. The molecule has 2 aromatic heterocycles. The molecule has 0 bridgehead atoms. The summed E-state index contributed by atoms with van der Waals surface area (Å²) in [6.45, 7) is 0.436. The van der Waals surface area contributed by atoms with Gasteiger partial charge in [0.2, 0.25) is 11.8 Å². The van der Waals surface area contributed by atoms with Crippen LogP contribution in [0.3, 0.4) is 0 Å². The molecule has 3 rings (SSSR count). The second-order valence-corrected chi connectivity index (χ2v) is 17.9. The van der Waals surface area contributed by atoms with Crippen LogP contribution in [0.4, 0.5) is 5.82 Å². The summed E-state index contributed by atoms with van der Waals surface area (Å²) < 4.78 is 62.0. The number of phosphoric acid groups is 3. The van der Waals surface area contributed by atoms with Gasteiger partial charge >= 0.3 is 23.5 Å². The minimum Gasteiger partial charge on any atom is -0.396 e. The van der Waals surface area contributed by atoms with Crippen molar-refractivity contribution in [3.63, 3.8) is 0 Å². The monoisotopic (exact) mass is 867 g/mol. The first kappa shape index (κ1) is 46.9. The lowest BCUT2D eigenvalue weighted by Crippen LogP contribution is -2.46. The number of fused-ring (bicyclic) bond motifs is 1. The normalized spacial score (nSPS) is 21.8. The topological polar surface area (TPSA) is 384 Å². The molecule has 3 heterocycles. The molecular weight excluding hydrogens is 823 g/mol. The third-order valence-electron chi connectivity index (χ3n) is 7.55. The van der Waals surface area contributed by atoms with Crippen molar-refractivity contribution in [2.75, 3.05) is 44.4 Å². The summed E-state index contributed by atoms with van der Waals surface area (Å²) in [4.78, 5) is 87.1. The molecule has 1 aliphatic heterocycles. The van der Waals surface area contributed by atoms with Crippen LogP contribution in [-0.4, -0.2) is 134 Å². The highest BCUT2D eigenvalue weighted by Crippen LogP contribution is 2.61. The van der Waals surface area contributed by atoms with E-state index in [4.69, 9.17) is 24.6 Å². The number of anilines is 1. The van der Waals surface area contributed by atoms with Gasteiger partial charge in [0, 0.05) is 43.7 Å². The lowest BCUT2D eigenvalue weighted by atomic mass is 9.87. The molecule has 312 valence electrons. The van der Waals surface area contributed by atoms with Gasteiger partial charge in [0.05, 0.1) is 19.5 Å². The Morgan fingerprint density at radius 2 is 1.73 bits per heavy atom. The number of imidazole rings is 1. The number of ether oxygens (including phenoxy) is 1. The van der Waals surface area contributed by atoms with Crippen LogP contribution in [0.15, 0.2) is 12.7 Å². The highest BCUT2D eigenvalue weighted by molar-refractivity contribution is 8.13. The second-order valence-electron chi connectivity index (χ2n) is 12.5. The number of hydrogen-bond donors (Lipinski definition) is 10. The largest absolute Gasteiger partial charge is 0.481 e. The molecule has 11 N–H and O–H groups in total. The fraction of sp³-hybridized carbons (Fsp3) is 0.692. The van der Waals surface area contributed by atoms with E-state index in [1.807, 2.05) is 0 Å². The van der Waals surface area contributed by atoms with Gasteiger partial charge in [-0.1, -0.05) is 25.6 Å². The molecule has 5 unspecified atom stereocenters. The SMILES string of the molecule is CC(C)(COP(=O)(O)OP(=O)(O)OC[C@@H]1O[C@H](n2cnc3c(N)ncnc32)C(O)C1OP(=O)(O)O)C(O)C(=O)NCCC(=O)NCCSC(=O)CCCCO. The van der Waals surface area contributed by atoms with Gasteiger partial charge in [-0.3, -0.25) is 32.5 Å². The Hall–Kier alpha value is -2.48. The molecule has 1 fully saturated rings. The Morgan fingerprint density at radius 1 is 1.04 bits per heavy atom. The predicted octanol–water partition coefficient (Wildman–Crippen LogP) is -1.17. The number of aliphatic hydroxyl groups is 3. The fourth-order valence-corrected chi connectivity index (χ4v) is 8.30. The molecule has 0 spiro atoms. The summed E-state index contributed by atoms with van der Waals surface area (Å²) in [6, 6.07) is 0. The van der Waals surface area contributed by atoms with Crippen LogP contribution in [0.2, 0.25) is 0 Å². The summed E-state index contributed by atoms with van der Waals surface area (Å²) >= 11 is 1.04. The van der Waals surface area contributed by atoms with E-state index in [1.54, 1.807) is 0 Å². The molecule has 7 atom stereocenters. The molecule has 0 aliphatic carbocycles. The van der Waals surface area contributed by atoms with E-state index in [9.17, 15) is 57.9 Å². The van der Waals surface area contributed by atoms with E-state index in [0.717, 1.165) is 29.0 Å². The van der Waals surface area contributed by atoms with Crippen molar-refractivity contribution >= 4 is 69.1 Å². The van der Waals surface area contributed by atoms with Crippen molar-refractivity contribution < 1.29 is 85.6 Å². The molecule has 1 saturated heterocycles. The van der Waals surface area contributed by atoms with Gasteiger partial charge in [0.1, 0.15) is 36.3 Å². The summed E-state index contributed by atoms with van der Waals surface area (Å²) in [7, 11) is -16.4. The summed E-state index contributed by atoms with van der Waals surface area (Å²) in [5.74, 6) is -1.16. The zero-order valence-electron chi connectivity index (χ0n) is 29.3. The first-order chi connectivity index (χ1) is 25.6. The number of nitrogens with zero attached hydrogens (tertiary/aromatic N) is 4. The fourth-order valence-electron chi connectivity index (χ4n) is 4.75. The minimum absolute atomic E-state index is 0.000201. The lowest BCUT2D eigenvalue weighted by Gasteiger charge is -2.30. The van der Waals surface area contributed by atoms with E-state index in [0.29, 0.717) is 25.0 Å². The molecule has 29 heteroatoms. The van der Waals surface area contributed by atoms with Crippen LogP contribution < -0.4 is 16.4 Å². The Kier molecular flexibility index (Phi) is 17.3. The van der Waals surface area contributed by atoms with Gasteiger partial charge in [0.15, 0.2) is 22.8 Å². The molecule has 1 aliphatic rings. The Balaban J connectivity index is 1.49. The predicted molar refractivity (Wildman–Crippen MR) is 188 cm³/mol. The molecule has 55 heavy (non-hydrogen) atoms. The number of carbonyl (C=O) groups is 3. The van der Waals surface area contributed by atoms with Crippen LogP contribution in [0.1, 0.15) is 45.8 Å². The first-order valence-electron chi connectivity index (χ1n) is 16.2. The molecule has 25 nitrogen and oxygen atoms in total. The van der Waals surface area contributed by atoms with Crippen molar-refractivity contribution in [3.8, 4) is 0 Å². The molecule has 2 amide bonds. The quantitative estimate of drug-likeness (QED) is 0.0464. The Morgan fingerprint density at radius 3 is 2.40 bits per heavy atom. The number of aliphatic hydroxyl groups excluding tert-OH is 3. The summed E-state index contributed by atoms with van der Waals surface area (Å²) in [6.07, 6.45) is -5.56. The maximum absolute atomic E-state index is 12.7. The summed E-state index contributed by atoms with van der Waals surface area (Å²) in [5.41, 5.74) is 4.24. The second kappa shape index (κ2) is 20.3. The van der Waals surface area contributed by atoms with Gasteiger partial charge in [-0.2, -0.15) is 4.31 Å². The first-order valence-corrected chi connectivity index (χ1v) is 21.7. The highest BCUT2D eigenvalue weighted by atomic mass is 32.2. The number of unbranched alkanes of at least 4 members (excludes halogenated alkanes) is 1. The van der Waals surface area contributed by atoms with Crippen molar-refractivity contribution in [2.45, 2.75) is 70.2 Å². The van der Waals surface area contributed by atoms with Gasteiger partial charge in [-0.05, 0) is 12.8 Å². The van der Waals surface area contributed by atoms with Crippen LogP contribution >= 0.6 is 35.2 Å². The van der Waals surface area contributed by atoms with Crippen molar-refractivity contribution in [3.05, 3.63) is 12.7 Å². The van der Waals surface area contributed by atoms with Crippen molar-refractivity contribution in [1.29, 1.82) is 0 Å². The molecule has 0 saturated carbocycles. The van der Waals surface area contributed by atoms with E-state index >= 15 is 0 Å². The molecule has 0 aromatic carbocycles. The van der Waals surface area contributed by atoms with E-state index in [2.05, 4.69) is 34.4 Å². The molecule has 0 radical (unpaired) electrons. The zero-order valence-corrected chi connectivity index (χ0v) is 32.8. The van der Waals surface area contributed by atoms with E-state index in [-0.39, 0.29) is 48.2 Å². The Bertz CT molecular complexity index is 1780. The Labute approximate surface area is 317 Å². The molecule has 2 aromatic rings. The number of nitrogens with one attached hydrogen (secondary N) is 2. The van der Waals surface area contributed by atoms with Gasteiger partial charge in [-0.15, -0.1) is 0 Å². The third-order valence-corrected chi connectivity index (χ3v) is 11.6. The number of thioether (sulfide) groups is 1. The highest BCUT2D eigenvalue weighted by Gasteiger charge is 2.50. The smallest absolute Gasteiger partial charge is 0.396 e. The average molecular weight is 868 g/mol. The average Bonchev–Trinajstić information content (AvgIpc) is 3.64. The summed E-state index contributed by atoms with van der Waals surface area (Å²) in [5, 5.41) is 35.0. The maximum Gasteiger partial charge on any atom is 0.481 e. The number of nitrogens with two attached hydrogens (primary N) is 1. The number of carbonyl (C=O) groups excluding carboxylic acids is 3. The van der Waals surface area contributed by atoms with Crippen LogP contribution in [-0.2, 0) is 50.7 Å². The maximum atomic E-state index is 12.7. The van der Waals surface area contributed by atoms with Gasteiger partial charge < -0.3 is 56.0 Å². The number of phosphoric ester groups is 3. The van der Waals surface area contributed by atoms with Crippen molar-refractivity contribution in [2.24, 2.45) is 5.41 Å². The number of nitrogen functional groups attached to an aromatic ring is 1. The van der Waals surface area contributed by atoms with Crippen LogP contribution in [0.5, 0.6) is 0 Å². The third kappa shape index (κ3) is 14.8. The van der Waals surface area contributed by atoms with Crippen LogP contribution in [0.25, 0.3) is 11.2 Å². The van der Waals surface area contributed by atoms with Gasteiger partial charge in [0.25, 0.3) is 0 Å². The minimum atomic E-state index is -5.57. The van der Waals surface area contributed by atoms with Crippen molar-refractivity contribution in [1.82, 2.24) is 30.2 Å². The zero-order chi connectivity index (χ0) is 41.2. The number of hydrogen-bond acceptors (Lipinski definition) is 19. The van der Waals surface area contributed by atoms with Crippen LogP contribution in [0, 0.1) is 5.41 Å². The number of amides is 2.